The van der Waals surface area contributed by atoms with Gasteiger partial charge in [-0.3, -0.25) is 4.79 Å². The fraction of sp³-hybridized carbons (Fsp3) is 0. The molecule has 0 saturated heterocycles. The van der Waals surface area contributed by atoms with Crippen molar-refractivity contribution in [2.75, 3.05) is 0 Å². The van der Waals surface area contributed by atoms with E-state index in [-0.39, 0.29) is 0 Å². The van der Waals surface area contributed by atoms with Gasteiger partial charge in [0.2, 0.25) is 5.91 Å². The van der Waals surface area contributed by atoms with Crippen LogP contribution >= 0.6 is 0 Å². The van der Waals surface area contributed by atoms with Crippen LogP contribution in [0.25, 0.3) is 0 Å². The summed E-state index contributed by atoms with van der Waals surface area (Å²) in [5.74, 6) is -0.481. The quantitative estimate of drug-likeness (QED) is 0.398. The number of amides is 1. The molecule has 42 valence electrons. The summed E-state index contributed by atoms with van der Waals surface area (Å²) in [7, 11) is 0. The van der Waals surface area contributed by atoms with Gasteiger partial charge in [-0.1, -0.05) is 6.58 Å². The molecule has 0 fully saturated rings. The van der Waals surface area contributed by atoms with E-state index < -0.39 is 5.91 Å². The Hall–Kier alpha value is -0.471. The van der Waals surface area contributed by atoms with Crippen LogP contribution in [0.2, 0.25) is 0 Å². The number of carbonyl (C=O) groups excluding carboxylic acids is 1. The second kappa shape index (κ2) is 9.11. The summed E-state index contributed by atoms with van der Waals surface area (Å²) in [6.07, 6.45) is 1.06. The van der Waals surface area contributed by atoms with Crippen molar-refractivity contribution in [3.05, 3.63) is 12.7 Å². The molecule has 0 aliphatic rings. The van der Waals surface area contributed by atoms with Gasteiger partial charge in [0.1, 0.15) is 0 Å². The molecule has 1 amide bonds. The molecule has 3 nitrogen and oxygen atoms in total. The van der Waals surface area contributed by atoms with Crippen LogP contribution in [0.5, 0.6) is 0 Å². The molecular weight excluding hydrogens is 138 g/mol. The van der Waals surface area contributed by atoms with Crippen molar-refractivity contribution < 1.29 is 24.6 Å². The van der Waals surface area contributed by atoms with E-state index in [4.69, 9.17) is 3.83 Å². The number of hydrogen-bond acceptors (Lipinski definition) is 2. The molecular formula is C3H5FeNO2. The summed E-state index contributed by atoms with van der Waals surface area (Å²) in [6.45, 7) is 3.09. The van der Waals surface area contributed by atoms with E-state index in [1.807, 2.05) is 15.9 Å². The molecule has 0 rings (SSSR count). The molecule has 0 spiro atoms. The molecule has 0 aromatic heterocycles. The van der Waals surface area contributed by atoms with Gasteiger partial charge in [0.05, 0.1) is 0 Å². The van der Waals surface area contributed by atoms with Crippen LogP contribution in [0.1, 0.15) is 0 Å². The van der Waals surface area contributed by atoms with Crippen molar-refractivity contribution in [3.8, 4) is 0 Å². The molecule has 2 N–H and O–H groups in total. The number of nitrogens with two attached hydrogens (primary N) is 1. The third-order valence-corrected chi connectivity index (χ3v) is 0.201. The SMILES string of the molecule is C=CC(N)=O.[O]=[Fe]. The van der Waals surface area contributed by atoms with Gasteiger partial charge in [-0.2, -0.15) is 0 Å². The molecule has 0 atom stereocenters. The van der Waals surface area contributed by atoms with Gasteiger partial charge in [0.25, 0.3) is 0 Å². The summed E-state index contributed by atoms with van der Waals surface area (Å²) in [6, 6.07) is 0. The number of hydrogen-bond donors (Lipinski definition) is 1. The Kier molecular flexibility index (Phi) is 12.7. The van der Waals surface area contributed by atoms with Gasteiger partial charge in [-0.05, 0) is 6.08 Å². The molecule has 0 aliphatic heterocycles. The second-order valence-corrected chi connectivity index (χ2v) is 0.606. The predicted molar refractivity (Wildman–Crippen MR) is 20.1 cm³/mol. The van der Waals surface area contributed by atoms with Crippen molar-refractivity contribution in [3.63, 3.8) is 0 Å². The topological polar surface area (TPSA) is 60.2 Å². The van der Waals surface area contributed by atoms with Crippen LogP contribution in [0, 0.1) is 0 Å². The molecule has 0 bridgehead atoms. The maximum atomic E-state index is 9.47. The van der Waals surface area contributed by atoms with E-state index in [9.17, 15) is 4.79 Å². The Morgan fingerprint density at radius 1 is 1.71 bits per heavy atom. The second-order valence-electron chi connectivity index (χ2n) is 0.606. The fourth-order valence-corrected chi connectivity index (χ4v) is 0. The third kappa shape index (κ3) is 29.4. The van der Waals surface area contributed by atoms with Crippen LogP contribution in [0.3, 0.4) is 0 Å². The van der Waals surface area contributed by atoms with Crippen LogP contribution in [-0.2, 0) is 24.6 Å². The van der Waals surface area contributed by atoms with Gasteiger partial charge < -0.3 is 5.73 Å². The normalized spacial score (nSPS) is 5.29. The van der Waals surface area contributed by atoms with Crippen molar-refractivity contribution in [2.45, 2.75) is 0 Å². The first kappa shape index (κ1) is 9.73. The number of carbonyl (C=O) groups is 1. The van der Waals surface area contributed by atoms with E-state index in [2.05, 4.69) is 12.3 Å². The van der Waals surface area contributed by atoms with Gasteiger partial charge in [0.15, 0.2) is 0 Å². The zero-order valence-corrected chi connectivity index (χ0v) is 4.64. The van der Waals surface area contributed by atoms with Gasteiger partial charge in [-0.25, -0.2) is 0 Å². The first-order valence-corrected chi connectivity index (χ1v) is 1.78. The van der Waals surface area contributed by atoms with Crippen LogP contribution in [0.15, 0.2) is 12.7 Å². The standard InChI is InChI=1S/C3H5NO.Fe.O/c1-2-3(4)5;;/h2H,1H2,(H2,4,5);;. The van der Waals surface area contributed by atoms with Crippen LogP contribution in [-0.4, -0.2) is 5.91 Å². The molecule has 0 radical (unpaired) electrons. The predicted octanol–water partition coefficient (Wildman–Crippen LogP) is -0.464. The molecule has 0 heterocycles. The molecule has 0 saturated carbocycles. The molecule has 7 heavy (non-hydrogen) atoms. The first-order chi connectivity index (χ1) is 3.27. The van der Waals surface area contributed by atoms with E-state index in [1.165, 1.54) is 0 Å². The van der Waals surface area contributed by atoms with Gasteiger partial charge in [0, 0.05) is 0 Å². The average molecular weight is 143 g/mol. The Labute approximate surface area is 49.6 Å². The molecule has 4 heteroatoms. The maximum absolute atomic E-state index is 9.47. The number of rotatable bonds is 1. The Bertz CT molecular complexity index is 73.3. The monoisotopic (exact) mass is 143 g/mol. The summed E-state index contributed by atoms with van der Waals surface area (Å²) >= 11 is 2.00. The Morgan fingerprint density at radius 2 is 1.86 bits per heavy atom. The number of primary amides is 1. The van der Waals surface area contributed by atoms with E-state index in [1.54, 1.807) is 0 Å². The average Bonchev–Trinajstić information content (AvgIpc) is 1.73. The van der Waals surface area contributed by atoms with Crippen molar-refractivity contribution >= 4 is 5.91 Å². The zero-order valence-electron chi connectivity index (χ0n) is 3.53. The first-order valence-electron chi connectivity index (χ1n) is 1.33. The minimum atomic E-state index is -0.481. The molecule has 0 aromatic carbocycles. The summed E-state index contributed by atoms with van der Waals surface area (Å²) in [5.41, 5.74) is 4.53. The van der Waals surface area contributed by atoms with E-state index >= 15 is 0 Å². The Balaban J connectivity index is 0. The summed E-state index contributed by atoms with van der Waals surface area (Å²) in [5, 5.41) is 0. The van der Waals surface area contributed by atoms with Gasteiger partial charge >= 0.3 is 19.8 Å². The van der Waals surface area contributed by atoms with E-state index in [0.717, 1.165) is 6.08 Å². The third-order valence-electron chi connectivity index (χ3n) is 0.201. The summed E-state index contributed by atoms with van der Waals surface area (Å²) in [4.78, 5) is 9.47. The minimum absolute atomic E-state index is 0.481. The van der Waals surface area contributed by atoms with Crippen molar-refractivity contribution in [2.24, 2.45) is 5.73 Å². The molecule has 0 unspecified atom stereocenters. The van der Waals surface area contributed by atoms with Crippen LogP contribution < -0.4 is 5.73 Å². The fourth-order valence-electron chi connectivity index (χ4n) is 0. The van der Waals surface area contributed by atoms with Crippen LogP contribution in [0.4, 0.5) is 0 Å². The Morgan fingerprint density at radius 3 is 1.86 bits per heavy atom. The molecule has 0 aliphatic carbocycles. The summed E-state index contributed by atoms with van der Waals surface area (Å²) < 4.78 is 8.00. The van der Waals surface area contributed by atoms with Crippen molar-refractivity contribution in [1.29, 1.82) is 0 Å². The molecule has 0 aromatic rings. The van der Waals surface area contributed by atoms with E-state index in [0.29, 0.717) is 0 Å². The van der Waals surface area contributed by atoms with Gasteiger partial charge in [-0.15, -0.1) is 0 Å². The zero-order chi connectivity index (χ0) is 6.28. The van der Waals surface area contributed by atoms with Crippen molar-refractivity contribution in [1.82, 2.24) is 0 Å².